The number of nitrogens with zero attached hydrogens (tertiary/aromatic N) is 1. The predicted octanol–water partition coefficient (Wildman–Crippen LogP) is 3.05. The number of rotatable bonds is 2. The first kappa shape index (κ1) is 15.6. The van der Waals surface area contributed by atoms with E-state index < -0.39 is 35.5 Å². The first-order chi connectivity index (χ1) is 11.0. The summed E-state index contributed by atoms with van der Waals surface area (Å²) in [4.78, 5) is 13.8. The summed E-state index contributed by atoms with van der Waals surface area (Å²) in [6.45, 7) is 0.0107. The second kappa shape index (κ2) is 6.04. The van der Waals surface area contributed by atoms with E-state index in [0.717, 1.165) is 30.3 Å². The molecule has 23 heavy (non-hydrogen) atoms. The normalized spacial score (nSPS) is 20.8. The zero-order valence-electron chi connectivity index (χ0n) is 12.0. The van der Waals surface area contributed by atoms with Gasteiger partial charge >= 0.3 is 0 Å². The molecular formula is C17H14F3NO2. The SMILES string of the molecule is O=C(c1ccc(F)cc1)N1CC(O)CC1c1cc(F)ccc1F. The number of hydrogen-bond acceptors (Lipinski definition) is 2. The fraction of sp³-hybridized carbons (Fsp3) is 0.235. The van der Waals surface area contributed by atoms with Gasteiger partial charge in [-0.2, -0.15) is 0 Å². The molecule has 120 valence electrons. The molecular weight excluding hydrogens is 307 g/mol. The van der Waals surface area contributed by atoms with Crippen LogP contribution >= 0.6 is 0 Å². The topological polar surface area (TPSA) is 40.5 Å². The van der Waals surface area contributed by atoms with Crippen LogP contribution in [0.5, 0.6) is 0 Å². The van der Waals surface area contributed by atoms with Gasteiger partial charge in [0.15, 0.2) is 0 Å². The van der Waals surface area contributed by atoms with E-state index in [4.69, 9.17) is 0 Å². The first-order valence-corrected chi connectivity index (χ1v) is 7.15. The minimum atomic E-state index is -0.827. The van der Waals surface area contributed by atoms with Crippen LogP contribution in [0.25, 0.3) is 0 Å². The third-order valence-electron chi connectivity index (χ3n) is 3.95. The second-order valence-electron chi connectivity index (χ2n) is 5.54. The van der Waals surface area contributed by atoms with Gasteiger partial charge in [0.2, 0.25) is 0 Å². The van der Waals surface area contributed by atoms with E-state index in [-0.39, 0.29) is 24.1 Å². The number of likely N-dealkylation sites (tertiary alicyclic amines) is 1. The molecule has 0 aliphatic carbocycles. The Balaban J connectivity index is 1.95. The summed E-state index contributed by atoms with van der Waals surface area (Å²) < 4.78 is 40.4. The predicted molar refractivity (Wildman–Crippen MR) is 77.2 cm³/mol. The summed E-state index contributed by atoms with van der Waals surface area (Å²) in [7, 11) is 0. The van der Waals surface area contributed by atoms with Crippen LogP contribution in [-0.2, 0) is 0 Å². The highest BCUT2D eigenvalue weighted by Gasteiger charge is 2.37. The summed E-state index contributed by atoms with van der Waals surface area (Å²) in [5.74, 6) is -2.19. The maximum absolute atomic E-state index is 14.0. The van der Waals surface area contributed by atoms with E-state index in [1.807, 2.05) is 0 Å². The maximum atomic E-state index is 14.0. The molecule has 1 saturated heterocycles. The smallest absolute Gasteiger partial charge is 0.254 e. The molecule has 2 atom stereocenters. The lowest BCUT2D eigenvalue weighted by molar-refractivity contribution is 0.0713. The highest BCUT2D eigenvalue weighted by molar-refractivity contribution is 5.94. The Morgan fingerprint density at radius 2 is 1.70 bits per heavy atom. The minimum absolute atomic E-state index is 0.0107. The van der Waals surface area contributed by atoms with Gasteiger partial charge in [0, 0.05) is 17.7 Å². The molecule has 6 heteroatoms. The number of aliphatic hydroxyl groups excluding tert-OH is 1. The Hall–Kier alpha value is -2.34. The second-order valence-corrected chi connectivity index (χ2v) is 5.54. The van der Waals surface area contributed by atoms with Crippen molar-refractivity contribution in [1.82, 2.24) is 4.90 Å². The van der Waals surface area contributed by atoms with Gasteiger partial charge in [-0.15, -0.1) is 0 Å². The number of β-amino-alcohol motifs (C(OH)–C–C–N with tert-alkyl or cyclic N) is 1. The average Bonchev–Trinajstić information content (AvgIpc) is 2.91. The fourth-order valence-corrected chi connectivity index (χ4v) is 2.86. The van der Waals surface area contributed by atoms with Crippen molar-refractivity contribution in [3.63, 3.8) is 0 Å². The van der Waals surface area contributed by atoms with Crippen LogP contribution in [0, 0.1) is 17.5 Å². The Kier molecular flexibility index (Phi) is 4.09. The summed E-state index contributed by atoms with van der Waals surface area (Å²) in [5.41, 5.74) is 0.249. The standard InChI is InChI=1S/C17H14F3NO2/c18-11-3-1-10(2-4-11)17(23)21-9-13(22)8-16(21)14-7-12(19)5-6-15(14)20/h1-7,13,16,22H,8-9H2. The van der Waals surface area contributed by atoms with Crippen molar-refractivity contribution >= 4 is 5.91 Å². The van der Waals surface area contributed by atoms with Gasteiger partial charge in [0.1, 0.15) is 17.5 Å². The van der Waals surface area contributed by atoms with Crippen LogP contribution in [0.15, 0.2) is 42.5 Å². The lowest BCUT2D eigenvalue weighted by Gasteiger charge is -2.25. The molecule has 0 bridgehead atoms. The van der Waals surface area contributed by atoms with E-state index in [1.54, 1.807) is 0 Å². The van der Waals surface area contributed by atoms with Gasteiger partial charge in [-0.05, 0) is 48.9 Å². The van der Waals surface area contributed by atoms with E-state index >= 15 is 0 Å². The molecule has 3 rings (SSSR count). The third-order valence-corrected chi connectivity index (χ3v) is 3.95. The molecule has 2 aromatic carbocycles. The molecule has 0 saturated carbocycles. The number of carbonyl (C=O) groups excluding carboxylic acids is 1. The molecule has 1 heterocycles. The van der Waals surface area contributed by atoms with Crippen molar-refractivity contribution in [2.24, 2.45) is 0 Å². The van der Waals surface area contributed by atoms with Gasteiger partial charge < -0.3 is 10.0 Å². The number of carbonyl (C=O) groups is 1. The zero-order chi connectivity index (χ0) is 16.6. The Morgan fingerprint density at radius 1 is 1.04 bits per heavy atom. The molecule has 1 fully saturated rings. The molecule has 1 N–H and O–H groups in total. The van der Waals surface area contributed by atoms with Crippen molar-refractivity contribution in [3.05, 3.63) is 71.0 Å². The quantitative estimate of drug-likeness (QED) is 0.923. The molecule has 0 spiro atoms. The molecule has 2 aromatic rings. The summed E-state index contributed by atoms with van der Waals surface area (Å²) in [5, 5.41) is 9.86. The first-order valence-electron chi connectivity index (χ1n) is 7.15. The molecule has 3 nitrogen and oxygen atoms in total. The number of hydrogen-bond donors (Lipinski definition) is 1. The maximum Gasteiger partial charge on any atom is 0.254 e. The van der Waals surface area contributed by atoms with Gasteiger partial charge in [0.25, 0.3) is 5.91 Å². The molecule has 2 unspecified atom stereocenters. The molecule has 0 radical (unpaired) electrons. The van der Waals surface area contributed by atoms with Crippen LogP contribution in [0.2, 0.25) is 0 Å². The van der Waals surface area contributed by atoms with E-state index in [2.05, 4.69) is 0 Å². The Morgan fingerprint density at radius 3 is 2.39 bits per heavy atom. The Bertz CT molecular complexity index is 733. The monoisotopic (exact) mass is 321 g/mol. The van der Waals surface area contributed by atoms with Crippen molar-refractivity contribution in [3.8, 4) is 0 Å². The number of halogens is 3. The molecule has 1 amide bonds. The fourth-order valence-electron chi connectivity index (χ4n) is 2.86. The van der Waals surface area contributed by atoms with E-state index in [0.29, 0.717) is 0 Å². The Labute approximate surface area is 131 Å². The van der Waals surface area contributed by atoms with E-state index in [9.17, 15) is 23.1 Å². The van der Waals surface area contributed by atoms with Crippen molar-refractivity contribution in [2.45, 2.75) is 18.6 Å². The van der Waals surface area contributed by atoms with Gasteiger partial charge in [0.05, 0.1) is 12.1 Å². The van der Waals surface area contributed by atoms with Crippen LogP contribution in [-0.4, -0.2) is 28.6 Å². The lowest BCUT2D eigenvalue weighted by atomic mass is 10.0. The number of aliphatic hydroxyl groups is 1. The van der Waals surface area contributed by atoms with Crippen LogP contribution in [0.4, 0.5) is 13.2 Å². The van der Waals surface area contributed by atoms with Crippen LogP contribution < -0.4 is 0 Å². The summed E-state index contributed by atoms with van der Waals surface area (Å²) in [6.07, 6.45) is -0.708. The van der Waals surface area contributed by atoms with E-state index in [1.165, 1.54) is 17.0 Å². The number of benzene rings is 2. The number of amides is 1. The zero-order valence-corrected chi connectivity index (χ0v) is 12.0. The highest BCUT2D eigenvalue weighted by Crippen LogP contribution is 2.35. The minimum Gasteiger partial charge on any atom is -0.391 e. The summed E-state index contributed by atoms with van der Waals surface area (Å²) in [6, 6.07) is 7.20. The molecule has 0 aromatic heterocycles. The van der Waals surface area contributed by atoms with Gasteiger partial charge in [-0.25, -0.2) is 13.2 Å². The van der Waals surface area contributed by atoms with Gasteiger partial charge in [-0.1, -0.05) is 0 Å². The average molecular weight is 321 g/mol. The summed E-state index contributed by atoms with van der Waals surface area (Å²) >= 11 is 0. The molecule has 1 aliphatic heterocycles. The van der Waals surface area contributed by atoms with Crippen molar-refractivity contribution in [2.75, 3.05) is 6.54 Å². The van der Waals surface area contributed by atoms with Crippen LogP contribution in [0.1, 0.15) is 28.4 Å². The van der Waals surface area contributed by atoms with Crippen molar-refractivity contribution in [1.29, 1.82) is 0 Å². The highest BCUT2D eigenvalue weighted by atomic mass is 19.1. The lowest BCUT2D eigenvalue weighted by Crippen LogP contribution is -2.32. The van der Waals surface area contributed by atoms with Crippen LogP contribution in [0.3, 0.4) is 0 Å². The molecule has 1 aliphatic rings. The largest absolute Gasteiger partial charge is 0.391 e. The van der Waals surface area contributed by atoms with Crippen molar-refractivity contribution < 1.29 is 23.1 Å². The third kappa shape index (κ3) is 3.07. The van der Waals surface area contributed by atoms with Gasteiger partial charge in [-0.3, -0.25) is 4.79 Å².